The fourth-order valence-corrected chi connectivity index (χ4v) is 3.39. The van der Waals surface area contributed by atoms with E-state index in [1.165, 1.54) is 12.5 Å². The standard InChI is InChI=1S/C15H17BrFN/c1-11-3-2-6-15(8-11,10-18)9-12-7-13(17)4-5-14(12)16/h4-5,7,11H,2-3,6,8-9H2,1H3. The lowest BCUT2D eigenvalue weighted by Crippen LogP contribution is -2.28. The van der Waals surface area contributed by atoms with Crippen LogP contribution in [0.5, 0.6) is 0 Å². The van der Waals surface area contributed by atoms with Crippen molar-refractivity contribution < 1.29 is 4.39 Å². The second-order valence-electron chi connectivity index (χ2n) is 5.51. The van der Waals surface area contributed by atoms with Gasteiger partial charge in [-0.15, -0.1) is 0 Å². The molecule has 0 saturated heterocycles. The van der Waals surface area contributed by atoms with Crippen molar-refractivity contribution in [3.8, 4) is 6.07 Å². The van der Waals surface area contributed by atoms with Crippen LogP contribution in [0.4, 0.5) is 4.39 Å². The Morgan fingerprint density at radius 2 is 2.33 bits per heavy atom. The molecule has 0 amide bonds. The molecule has 1 aliphatic rings. The minimum absolute atomic E-state index is 0.231. The van der Waals surface area contributed by atoms with Gasteiger partial charge in [-0.25, -0.2) is 4.39 Å². The zero-order valence-corrected chi connectivity index (χ0v) is 12.1. The molecular weight excluding hydrogens is 293 g/mol. The number of rotatable bonds is 2. The number of hydrogen-bond acceptors (Lipinski definition) is 1. The van der Waals surface area contributed by atoms with Gasteiger partial charge in [-0.05, 0) is 48.9 Å². The van der Waals surface area contributed by atoms with Gasteiger partial charge in [0.15, 0.2) is 0 Å². The summed E-state index contributed by atoms with van der Waals surface area (Å²) in [6.45, 7) is 2.20. The van der Waals surface area contributed by atoms with Crippen molar-refractivity contribution >= 4 is 15.9 Å². The Morgan fingerprint density at radius 3 is 3.00 bits per heavy atom. The Bertz CT molecular complexity index is 480. The molecule has 0 spiro atoms. The summed E-state index contributed by atoms with van der Waals surface area (Å²) >= 11 is 3.45. The van der Waals surface area contributed by atoms with Crippen molar-refractivity contribution in [2.24, 2.45) is 11.3 Å². The molecule has 0 N–H and O–H groups in total. The largest absolute Gasteiger partial charge is 0.207 e. The van der Waals surface area contributed by atoms with Crippen LogP contribution in [0.15, 0.2) is 22.7 Å². The fraction of sp³-hybridized carbons (Fsp3) is 0.533. The van der Waals surface area contributed by atoms with Crippen LogP contribution in [0.25, 0.3) is 0 Å². The van der Waals surface area contributed by atoms with E-state index in [2.05, 4.69) is 28.9 Å². The van der Waals surface area contributed by atoms with Gasteiger partial charge in [-0.2, -0.15) is 5.26 Å². The molecule has 96 valence electrons. The molecule has 1 aliphatic carbocycles. The minimum Gasteiger partial charge on any atom is -0.207 e. The van der Waals surface area contributed by atoms with Crippen molar-refractivity contribution in [2.45, 2.75) is 39.0 Å². The van der Waals surface area contributed by atoms with Crippen LogP contribution in [0, 0.1) is 28.5 Å². The van der Waals surface area contributed by atoms with Crippen LogP contribution >= 0.6 is 15.9 Å². The van der Waals surface area contributed by atoms with Crippen LogP contribution in [0.2, 0.25) is 0 Å². The van der Waals surface area contributed by atoms with Gasteiger partial charge in [0.1, 0.15) is 5.82 Å². The summed E-state index contributed by atoms with van der Waals surface area (Å²) < 4.78 is 14.2. The van der Waals surface area contributed by atoms with E-state index in [9.17, 15) is 9.65 Å². The molecule has 0 bridgehead atoms. The van der Waals surface area contributed by atoms with E-state index >= 15 is 0 Å². The lowest BCUT2D eigenvalue weighted by Gasteiger charge is -2.34. The smallest absolute Gasteiger partial charge is 0.123 e. The molecule has 18 heavy (non-hydrogen) atoms. The number of hydrogen-bond donors (Lipinski definition) is 0. The topological polar surface area (TPSA) is 23.8 Å². The molecule has 1 fully saturated rings. The molecule has 2 unspecified atom stereocenters. The van der Waals surface area contributed by atoms with E-state index in [0.29, 0.717) is 12.3 Å². The Morgan fingerprint density at radius 1 is 1.56 bits per heavy atom. The summed E-state index contributed by atoms with van der Waals surface area (Å²) in [5.41, 5.74) is 0.596. The third-order valence-electron chi connectivity index (χ3n) is 3.87. The molecule has 1 aromatic carbocycles. The van der Waals surface area contributed by atoms with E-state index in [-0.39, 0.29) is 11.2 Å². The predicted molar refractivity (Wildman–Crippen MR) is 73.5 cm³/mol. The highest BCUT2D eigenvalue weighted by Gasteiger charge is 2.35. The van der Waals surface area contributed by atoms with Crippen molar-refractivity contribution in [1.82, 2.24) is 0 Å². The SMILES string of the molecule is CC1CCCC(C#N)(Cc2cc(F)ccc2Br)C1. The van der Waals surface area contributed by atoms with Crippen molar-refractivity contribution in [3.63, 3.8) is 0 Å². The summed E-state index contributed by atoms with van der Waals surface area (Å²) in [4.78, 5) is 0. The fourth-order valence-electron chi connectivity index (χ4n) is 3.01. The third-order valence-corrected chi connectivity index (χ3v) is 4.64. The summed E-state index contributed by atoms with van der Waals surface area (Å²) in [5, 5.41) is 9.52. The van der Waals surface area contributed by atoms with Crippen molar-refractivity contribution in [2.75, 3.05) is 0 Å². The highest BCUT2D eigenvalue weighted by molar-refractivity contribution is 9.10. The number of benzene rings is 1. The van der Waals surface area contributed by atoms with Crippen LogP contribution in [-0.2, 0) is 6.42 Å². The molecule has 3 heteroatoms. The van der Waals surface area contributed by atoms with Crippen LogP contribution in [0.3, 0.4) is 0 Å². The van der Waals surface area contributed by atoms with Gasteiger partial charge in [0.25, 0.3) is 0 Å². The van der Waals surface area contributed by atoms with Gasteiger partial charge in [0, 0.05) is 4.47 Å². The molecule has 2 rings (SSSR count). The van der Waals surface area contributed by atoms with E-state index in [1.807, 2.05) is 0 Å². The molecule has 0 heterocycles. The van der Waals surface area contributed by atoms with Crippen molar-refractivity contribution in [1.29, 1.82) is 5.26 Å². The van der Waals surface area contributed by atoms with E-state index in [4.69, 9.17) is 0 Å². The molecule has 1 aromatic rings. The first-order chi connectivity index (χ1) is 8.54. The Labute approximate surface area is 116 Å². The van der Waals surface area contributed by atoms with Gasteiger partial charge in [-0.1, -0.05) is 35.7 Å². The number of nitrogens with zero attached hydrogens (tertiary/aromatic N) is 1. The first kappa shape index (κ1) is 13.5. The quantitative estimate of drug-likeness (QED) is 0.766. The molecule has 0 aliphatic heterocycles. The van der Waals surface area contributed by atoms with Crippen LogP contribution in [0.1, 0.15) is 38.2 Å². The minimum atomic E-state index is -0.312. The average molecular weight is 310 g/mol. The zero-order chi connectivity index (χ0) is 13.2. The molecule has 0 aromatic heterocycles. The van der Waals surface area contributed by atoms with E-state index in [0.717, 1.165) is 29.3 Å². The third kappa shape index (κ3) is 2.92. The molecule has 2 atom stereocenters. The molecule has 1 saturated carbocycles. The summed E-state index contributed by atoms with van der Waals surface area (Å²) in [5.74, 6) is 0.357. The van der Waals surface area contributed by atoms with Crippen molar-refractivity contribution in [3.05, 3.63) is 34.1 Å². The first-order valence-corrected chi connectivity index (χ1v) is 7.19. The van der Waals surface area contributed by atoms with Gasteiger partial charge in [-0.3, -0.25) is 0 Å². The average Bonchev–Trinajstić information content (AvgIpc) is 2.34. The molecular formula is C15H17BrFN. The van der Waals surface area contributed by atoms with E-state index in [1.54, 1.807) is 12.1 Å². The normalized spacial score (nSPS) is 27.8. The highest BCUT2D eigenvalue weighted by Crippen LogP contribution is 2.42. The van der Waals surface area contributed by atoms with Gasteiger partial charge < -0.3 is 0 Å². The number of nitriles is 1. The lowest BCUT2D eigenvalue weighted by molar-refractivity contribution is 0.209. The lowest BCUT2D eigenvalue weighted by atomic mass is 9.68. The Kier molecular flexibility index (Phi) is 4.07. The second-order valence-corrected chi connectivity index (χ2v) is 6.36. The van der Waals surface area contributed by atoms with Crippen LogP contribution in [-0.4, -0.2) is 0 Å². The summed E-state index contributed by atoms with van der Waals surface area (Å²) in [7, 11) is 0. The molecule has 1 nitrogen and oxygen atoms in total. The maximum absolute atomic E-state index is 13.3. The maximum atomic E-state index is 13.3. The maximum Gasteiger partial charge on any atom is 0.123 e. The molecule has 0 radical (unpaired) electrons. The van der Waals surface area contributed by atoms with Gasteiger partial charge in [0.2, 0.25) is 0 Å². The Balaban J connectivity index is 2.25. The first-order valence-electron chi connectivity index (χ1n) is 6.40. The highest BCUT2D eigenvalue weighted by atomic mass is 79.9. The number of halogens is 2. The predicted octanol–water partition coefficient (Wildman–Crippen LogP) is 4.85. The Hall–Kier alpha value is -0.880. The van der Waals surface area contributed by atoms with Gasteiger partial charge >= 0.3 is 0 Å². The van der Waals surface area contributed by atoms with E-state index < -0.39 is 0 Å². The summed E-state index contributed by atoms with van der Waals surface area (Å²) in [6.07, 6.45) is 4.80. The summed E-state index contributed by atoms with van der Waals surface area (Å²) in [6, 6.07) is 7.21. The zero-order valence-electron chi connectivity index (χ0n) is 10.5. The van der Waals surface area contributed by atoms with Crippen LogP contribution < -0.4 is 0 Å². The second kappa shape index (κ2) is 5.40. The van der Waals surface area contributed by atoms with Gasteiger partial charge in [0.05, 0.1) is 11.5 Å². The monoisotopic (exact) mass is 309 g/mol.